The molecular formula is C22H29ClN8O3Si. The number of pyridine rings is 1. The molecule has 13 heteroatoms. The molecular weight excluding hydrogens is 488 g/mol. The van der Waals surface area contributed by atoms with Crippen LogP contribution in [0.2, 0.25) is 30.7 Å². The summed E-state index contributed by atoms with van der Waals surface area (Å²) in [5.74, 6) is 0.00842. The van der Waals surface area contributed by atoms with Crippen LogP contribution in [-0.2, 0) is 17.1 Å². The molecule has 1 amide bonds. The second-order valence-corrected chi connectivity index (χ2v) is 16.4. The Labute approximate surface area is 208 Å². The van der Waals surface area contributed by atoms with Crippen molar-refractivity contribution in [2.75, 3.05) is 11.9 Å². The minimum Gasteiger partial charge on any atom is -0.359 e. The van der Waals surface area contributed by atoms with E-state index in [1.54, 1.807) is 4.68 Å². The summed E-state index contributed by atoms with van der Waals surface area (Å²) < 4.78 is 8.88. The first-order chi connectivity index (χ1) is 16.7. The molecule has 1 aliphatic heterocycles. The van der Waals surface area contributed by atoms with Crippen LogP contribution in [0.25, 0.3) is 11.2 Å². The molecule has 3 aromatic rings. The molecule has 1 saturated carbocycles. The standard InChI is InChI=1S/C22H29ClN8O3Si/c1-35(2,3)10-9-34-13-30-19-16(28-29-30)18(24-12-25-19)26-15-11-14(23)17-20(32)27-22(31(17)21(15)33)7-5-4-6-8-22/h11-12H,4-10,13H2,1-3H3,(H,27,32)(H,24,25,26). The van der Waals surface area contributed by atoms with Crippen LogP contribution in [0.1, 0.15) is 42.6 Å². The van der Waals surface area contributed by atoms with Gasteiger partial charge in [0.1, 0.15) is 30.1 Å². The number of nitrogens with one attached hydrogen (secondary N) is 2. The SMILES string of the molecule is C[Si](C)(C)CCOCn1nnc2c(Nc3cc(Cl)c4n(c3=O)C3(CCCCC3)NC4=O)ncnc21. The fourth-order valence-corrected chi connectivity index (χ4v) is 5.77. The van der Waals surface area contributed by atoms with Crippen molar-refractivity contribution < 1.29 is 9.53 Å². The fourth-order valence-electron chi connectivity index (χ4n) is 4.73. The van der Waals surface area contributed by atoms with Gasteiger partial charge in [0.05, 0.1) is 5.02 Å². The van der Waals surface area contributed by atoms with Crippen molar-refractivity contribution in [3.63, 3.8) is 0 Å². The van der Waals surface area contributed by atoms with Crippen LogP contribution in [-0.4, -0.2) is 50.1 Å². The molecule has 2 aliphatic rings. The van der Waals surface area contributed by atoms with Gasteiger partial charge in [-0.3, -0.25) is 14.2 Å². The smallest absolute Gasteiger partial charge is 0.276 e. The van der Waals surface area contributed by atoms with Gasteiger partial charge in [-0.25, -0.2) is 14.6 Å². The van der Waals surface area contributed by atoms with Gasteiger partial charge in [-0.05, 0) is 37.8 Å². The summed E-state index contributed by atoms with van der Waals surface area (Å²) in [6, 6.07) is 2.51. The lowest BCUT2D eigenvalue weighted by Crippen LogP contribution is -2.48. The lowest BCUT2D eigenvalue weighted by atomic mass is 9.89. The number of halogens is 1. The molecule has 5 rings (SSSR count). The third kappa shape index (κ3) is 4.45. The van der Waals surface area contributed by atoms with Crippen molar-refractivity contribution in [1.29, 1.82) is 0 Å². The number of rotatable bonds is 7. The molecule has 0 radical (unpaired) electrons. The summed E-state index contributed by atoms with van der Waals surface area (Å²) in [5, 5.41) is 14.7. The summed E-state index contributed by atoms with van der Waals surface area (Å²) >= 11 is 6.50. The molecule has 0 atom stereocenters. The number of amides is 1. The van der Waals surface area contributed by atoms with E-state index < -0.39 is 13.7 Å². The van der Waals surface area contributed by atoms with Gasteiger partial charge < -0.3 is 15.4 Å². The van der Waals surface area contributed by atoms with E-state index in [2.05, 4.69) is 50.6 Å². The van der Waals surface area contributed by atoms with Crippen molar-refractivity contribution in [1.82, 2.24) is 34.8 Å². The van der Waals surface area contributed by atoms with Gasteiger partial charge in [0.2, 0.25) is 0 Å². The summed E-state index contributed by atoms with van der Waals surface area (Å²) in [5.41, 5.74) is 0.242. The maximum absolute atomic E-state index is 13.6. The summed E-state index contributed by atoms with van der Waals surface area (Å²) in [6.07, 6.45) is 5.69. The van der Waals surface area contributed by atoms with E-state index in [4.69, 9.17) is 16.3 Å². The molecule has 11 nitrogen and oxygen atoms in total. The van der Waals surface area contributed by atoms with Crippen LogP contribution in [0.15, 0.2) is 17.2 Å². The van der Waals surface area contributed by atoms with E-state index in [-0.39, 0.29) is 34.6 Å². The Morgan fingerprint density at radius 3 is 2.71 bits per heavy atom. The zero-order valence-electron chi connectivity index (χ0n) is 20.1. The van der Waals surface area contributed by atoms with Crippen molar-refractivity contribution in [3.8, 4) is 0 Å². The minimum absolute atomic E-state index is 0.205. The number of fused-ring (bicyclic) bond motifs is 3. The first-order valence-corrected chi connectivity index (χ1v) is 15.9. The predicted octanol–water partition coefficient (Wildman–Crippen LogP) is 3.45. The zero-order chi connectivity index (χ0) is 24.8. The van der Waals surface area contributed by atoms with Crippen molar-refractivity contribution in [2.45, 2.75) is 70.2 Å². The molecule has 1 fully saturated rings. The van der Waals surface area contributed by atoms with E-state index in [9.17, 15) is 9.59 Å². The Hall–Kier alpha value is -2.83. The van der Waals surface area contributed by atoms with E-state index in [0.717, 1.165) is 25.3 Å². The molecule has 1 spiro atoms. The predicted molar refractivity (Wildman–Crippen MR) is 135 cm³/mol. The Morgan fingerprint density at radius 1 is 1.20 bits per heavy atom. The molecule has 35 heavy (non-hydrogen) atoms. The van der Waals surface area contributed by atoms with Crippen LogP contribution < -0.4 is 16.2 Å². The maximum atomic E-state index is 13.6. The van der Waals surface area contributed by atoms with Gasteiger partial charge in [-0.15, -0.1) is 5.10 Å². The number of carbonyl (C=O) groups excluding carboxylic acids is 1. The number of anilines is 2. The zero-order valence-corrected chi connectivity index (χ0v) is 21.9. The average molecular weight is 517 g/mol. The van der Waals surface area contributed by atoms with Crippen molar-refractivity contribution >= 4 is 48.3 Å². The Morgan fingerprint density at radius 2 is 1.97 bits per heavy atom. The van der Waals surface area contributed by atoms with Gasteiger partial charge in [-0.2, -0.15) is 0 Å². The van der Waals surface area contributed by atoms with E-state index >= 15 is 0 Å². The lowest BCUT2D eigenvalue weighted by Gasteiger charge is -2.35. The third-order valence-electron chi connectivity index (χ3n) is 6.59. The fraction of sp³-hybridized carbons (Fsp3) is 0.545. The van der Waals surface area contributed by atoms with E-state index in [1.165, 1.54) is 17.0 Å². The van der Waals surface area contributed by atoms with Crippen molar-refractivity contribution in [2.24, 2.45) is 0 Å². The maximum Gasteiger partial charge on any atom is 0.276 e. The quantitative estimate of drug-likeness (QED) is 0.361. The Bertz CT molecular complexity index is 1340. The highest BCUT2D eigenvalue weighted by atomic mass is 35.5. The summed E-state index contributed by atoms with van der Waals surface area (Å²) in [4.78, 5) is 34.9. The first-order valence-electron chi connectivity index (χ1n) is 11.9. The molecule has 186 valence electrons. The Balaban J connectivity index is 1.45. The molecule has 1 aliphatic carbocycles. The molecule has 0 unspecified atom stereocenters. The highest BCUT2D eigenvalue weighted by Gasteiger charge is 2.45. The van der Waals surface area contributed by atoms with Gasteiger partial charge >= 0.3 is 0 Å². The van der Waals surface area contributed by atoms with Crippen LogP contribution >= 0.6 is 11.6 Å². The summed E-state index contributed by atoms with van der Waals surface area (Å²) in [7, 11) is -1.20. The van der Waals surface area contributed by atoms with Crippen LogP contribution in [0.3, 0.4) is 0 Å². The Kier molecular flexibility index (Phi) is 6.14. The number of ether oxygens (including phenoxy) is 1. The van der Waals surface area contributed by atoms with Gasteiger partial charge in [0.25, 0.3) is 11.5 Å². The molecule has 2 N–H and O–H groups in total. The number of hydrogen-bond acceptors (Lipinski definition) is 8. The highest BCUT2D eigenvalue weighted by Crippen LogP contribution is 2.38. The van der Waals surface area contributed by atoms with Crippen molar-refractivity contribution in [3.05, 3.63) is 33.5 Å². The number of nitrogens with zero attached hydrogens (tertiary/aromatic N) is 6. The number of aromatic nitrogens is 6. The second kappa shape index (κ2) is 8.99. The molecule has 3 aromatic heterocycles. The first kappa shape index (κ1) is 23.9. The normalized spacial score (nSPS) is 17.1. The molecule has 0 bridgehead atoms. The topological polar surface area (TPSA) is 129 Å². The van der Waals surface area contributed by atoms with Gasteiger partial charge in [0, 0.05) is 14.7 Å². The van der Waals surface area contributed by atoms with E-state index in [0.29, 0.717) is 36.4 Å². The van der Waals surface area contributed by atoms with Crippen LogP contribution in [0.5, 0.6) is 0 Å². The number of carbonyl (C=O) groups is 1. The van der Waals surface area contributed by atoms with Crippen LogP contribution in [0.4, 0.5) is 11.5 Å². The molecule has 4 heterocycles. The average Bonchev–Trinajstić information content (AvgIpc) is 3.34. The third-order valence-corrected chi connectivity index (χ3v) is 8.58. The summed E-state index contributed by atoms with van der Waals surface area (Å²) in [6.45, 7) is 7.75. The van der Waals surface area contributed by atoms with Gasteiger partial charge in [-0.1, -0.05) is 42.9 Å². The van der Waals surface area contributed by atoms with E-state index in [1.807, 2.05) is 0 Å². The lowest BCUT2D eigenvalue weighted by molar-refractivity contribution is 0.0798. The van der Waals surface area contributed by atoms with Gasteiger partial charge in [0.15, 0.2) is 17.0 Å². The number of hydrogen-bond donors (Lipinski definition) is 2. The molecule has 0 aromatic carbocycles. The minimum atomic E-state index is -1.20. The highest BCUT2D eigenvalue weighted by molar-refractivity contribution is 6.76. The monoisotopic (exact) mass is 516 g/mol. The largest absolute Gasteiger partial charge is 0.359 e. The second-order valence-electron chi connectivity index (χ2n) is 10.4. The van der Waals surface area contributed by atoms with Crippen LogP contribution in [0, 0.1) is 0 Å². The molecule has 0 saturated heterocycles.